The Morgan fingerprint density at radius 3 is 2.58 bits per heavy atom. The quantitative estimate of drug-likeness (QED) is 0.308. The molecule has 1 atom stereocenters. The van der Waals surface area contributed by atoms with E-state index in [1.54, 1.807) is 0 Å². The molecular formula is C11H20O. The van der Waals surface area contributed by atoms with Crippen LogP contribution in [-0.4, -0.2) is 6.29 Å². The summed E-state index contributed by atoms with van der Waals surface area (Å²) in [7, 11) is 0. The molecule has 0 radical (unpaired) electrons. The molecule has 0 N–H and O–H groups in total. The van der Waals surface area contributed by atoms with E-state index in [-0.39, 0.29) is 0 Å². The minimum Gasteiger partial charge on any atom is -0.303 e. The monoisotopic (exact) mass is 168 g/mol. The third kappa shape index (κ3) is 6.14. The van der Waals surface area contributed by atoms with E-state index in [0.29, 0.717) is 12.3 Å². The summed E-state index contributed by atoms with van der Waals surface area (Å²) in [5.74, 6) is 0.548. The molecule has 0 spiro atoms. The fourth-order valence-electron chi connectivity index (χ4n) is 1.39. The summed E-state index contributed by atoms with van der Waals surface area (Å²) >= 11 is 0. The van der Waals surface area contributed by atoms with Gasteiger partial charge in [0.25, 0.3) is 0 Å². The first kappa shape index (κ1) is 11.4. The molecule has 0 aliphatic carbocycles. The average molecular weight is 168 g/mol. The highest BCUT2D eigenvalue weighted by Crippen LogP contribution is 2.16. The maximum absolute atomic E-state index is 10.3. The van der Waals surface area contributed by atoms with Crippen LogP contribution >= 0.6 is 0 Å². The minimum atomic E-state index is 0.548. The number of rotatable bonds is 8. The van der Waals surface area contributed by atoms with Gasteiger partial charge < -0.3 is 4.79 Å². The van der Waals surface area contributed by atoms with Crippen molar-refractivity contribution in [3.8, 4) is 0 Å². The van der Waals surface area contributed by atoms with E-state index in [1.807, 2.05) is 6.08 Å². The first-order chi connectivity index (χ1) is 5.85. The molecule has 0 aliphatic heterocycles. The third-order valence-electron chi connectivity index (χ3n) is 2.15. The largest absolute Gasteiger partial charge is 0.303 e. The van der Waals surface area contributed by atoms with Gasteiger partial charge >= 0.3 is 0 Å². The second kappa shape index (κ2) is 8.51. The van der Waals surface area contributed by atoms with Gasteiger partial charge in [-0.25, -0.2) is 0 Å². The van der Waals surface area contributed by atoms with Crippen molar-refractivity contribution in [3.05, 3.63) is 12.7 Å². The number of allylic oxidation sites excluding steroid dienone is 1. The summed E-state index contributed by atoms with van der Waals surface area (Å²) < 4.78 is 0. The number of hydrogen-bond donors (Lipinski definition) is 0. The Hall–Kier alpha value is -0.590. The Bertz CT molecular complexity index is 108. The molecule has 1 heteroatoms. The van der Waals surface area contributed by atoms with Crippen LogP contribution < -0.4 is 0 Å². The van der Waals surface area contributed by atoms with Gasteiger partial charge in [0.1, 0.15) is 6.29 Å². The van der Waals surface area contributed by atoms with Gasteiger partial charge in [0.2, 0.25) is 0 Å². The first-order valence-electron chi connectivity index (χ1n) is 4.89. The molecule has 0 aromatic rings. The fourth-order valence-corrected chi connectivity index (χ4v) is 1.39. The van der Waals surface area contributed by atoms with E-state index in [1.165, 1.54) is 25.7 Å². The van der Waals surface area contributed by atoms with Crippen LogP contribution in [0.1, 0.15) is 45.4 Å². The van der Waals surface area contributed by atoms with Crippen molar-refractivity contribution in [1.29, 1.82) is 0 Å². The molecule has 0 saturated heterocycles. The molecule has 12 heavy (non-hydrogen) atoms. The summed E-state index contributed by atoms with van der Waals surface area (Å²) in [6, 6.07) is 0. The van der Waals surface area contributed by atoms with Crippen LogP contribution in [0.5, 0.6) is 0 Å². The van der Waals surface area contributed by atoms with E-state index in [2.05, 4.69) is 13.5 Å². The van der Waals surface area contributed by atoms with Gasteiger partial charge in [-0.3, -0.25) is 0 Å². The van der Waals surface area contributed by atoms with Gasteiger partial charge in [0, 0.05) is 6.42 Å². The second-order valence-corrected chi connectivity index (χ2v) is 3.29. The van der Waals surface area contributed by atoms with Crippen LogP contribution in [0.4, 0.5) is 0 Å². The van der Waals surface area contributed by atoms with Gasteiger partial charge in [0.15, 0.2) is 0 Å². The molecule has 0 aromatic heterocycles. The van der Waals surface area contributed by atoms with Crippen molar-refractivity contribution in [3.63, 3.8) is 0 Å². The normalized spacial score (nSPS) is 12.4. The Morgan fingerprint density at radius 1 is 1.33 bits per heavy atom. The number of hydrogen-bond acceptors (Lipinski definition) is 1. The van der Waals surface area contributed by atoms with E-state index in [4.69, 9.17) is 0 Å². The summed E-state index contributed by atoms with van der Waals surface area (Å²) in [6.07, 6.45) is 9.61. The van der Waals surface area contributed by atoms with Crippen molar-refractivity contribution in [2.45, 2.75) is 45.4 Å². The Labute approximate surface area is 75.9 Å². The van der Waals surface area contributed by atoms with Crippen LogP contribution in [0.15, 0.2) is 12.7 Å². The molecule has 0 amide bonds. The minimum absolute atomic E-state index is 0.548. The lowest BCUT2D eigenvalue weighted by Gasteiger charge is -2.10. The number of carbonyl (C=O) groups excluding carboxylic acids is 1. The zero-order chi connectivity index (χ0) is 9.23. The zero-order valence-corrected chi connectivity index (χ0v) is 8.09. The second-order valence-electron chi connectivity index (χ2n) is 3.29. The number of unbranched alkanes of at least 4 members (excludes halogenated alkanes) is 2. The summed E-state index contributed by atoms with van der Waals surface area (Å²) in [6.45, 7) is 5.89. The van der Waals surface area contributed by atoms with Crippen LogP contribution in [0.25, 0.3) is 0 Å². The van der Waals surface area contributed by atoms with Crippen molar-refractivity contribution in [1.82, 2.24) is 0 Å². The molecule has 0 bridgehead atoms. The highest BCUT2D eigenvalue weighted by Gasteiger charge is 2.04. The molecule has 1 nitrogen and oxygen atoms in total. The van der Waals surface area contributed by atoms with Crippen LogP contribution in [-0.2, 0) is 4.79 Å². The van der Waals surface area contributed by atoms with Gasteiger partial charge in [-0.05, 0) is 18.8 Å². The lowest BCUT2D eigenvalue weighted by atomic mass is 9.95. The van der Waals surface area contributed by atoms with Crippen LogP contribution in [0, 0.1) is 5.92 Å². The molecule has 0 rings (SSSR count). The van der Waals surface area contributed by atoms with Crippen LogP contribution in [0.3, 0.4) is 0 Å². The maximum atomic E-state index is 10.3. The highest BCUT2D eigenvalue weighted by molar-refractivity contribution is 5.49. The third-order valence-corrected chi connectivity index (χ3v) is 2.15. The molecule has 0 aromatic carbocycles. The van der Waals surface area contributed by atoms with E-state index in [0.717, 1.165) is 12.7 Å². The standard InChI is InChI=1S/C11H20O/c1-3-5-6-8-11(7-4-2)9-10-12/h4,10-11H,2-3,5-9H2,1H3/t11-/m0/s1. The van der Waals surface area contributed by atoms with Crippen molar-refractivity contribution in [2.24, 2.45) is 5.92 Å². The van der Waals surface area contributed by atoms with E-state index in [9.17, 15) is 4.79 Å². The lowest BCUT2D eigenvalue weighted by Crippen LogP contribution is -1.99. The number of carbonyl (C=O) groups is 1. The van der Waals surface area contributed by atoms with Gasteiger partial charge in [-0.2, -0.15) is 0 Å². The topological polar surface area (TPSA) is 17.1 Å². The fraction of sp³-hybridized carbons (Fsp3) is 0.727. The lowest BCUT2D eigenvalue weighted by molar-refractivity contribution is -0.108. The summed E-state index contributed by atoms with van der Waals surface area (Å²) in [4.78, 5) is 10.3. The molecule has 0 saturated carbocycles. The summed E-state index contributed by atoms with van der Waals surface area (Å²) in [5, 5.41) is 0. The van der Waals surface area contributed by atoms with Crippen LogP contribution in [0.2, 0.25) is 0 Å². The SMILES string of the molecule is C=CC[C@H](CC=O)CCCCC. The predicted octanol–water partition coefficient (Wildman–Crippen LogP) is 3.35. The highest BCUT2D eigenvalue weighted by atomic mass is 16.1. The van der Waals surface area contributed by atoms with E-state index >= 15 is 0 Å². The zero-order valence-electron chi connectivity index (χ0n) is 8.09. The van der Waals surface area contributed by atoms with Gasteiger partial charge in [0.05, 0.1) is 0 Å². The van der Waals surface area contributed by atoms with Crippen molar-refractivity contribution < 1.29 is 4.79 Å². The molecule has 0 heterocycles. The summed E-state index contributed by atoms with van der Waals surface area (Å²) in [5.41, 5.74) is 0. The first-order valence-corrected chi connectivity index (χ1v) is 4.89. The van der Waals surface area contributed by atoms with E-state index < -0.39 is 0 Å². The molecular weight excluding hydrogens is 148 g/mol. The van der Waals surface area contributed by atoms with Crippen molar-refractivity contribution in [2.75, 3.05) is 0 Å². The molecule has 70 valence electrons. The number of aldehydes is 1. The Kier molecular flexibility index (Phi) is 8.09. The Balaban J connectivity index is 3.47. The van der Waals surface area contributed by atoms with Gasteiger partial charge in [-0.15, -0.1) is 6.58 Å². The van der Waals surface area contributed by atoms with Gasteiger partial charge in [-0.1, -0.05) is 32.3 Å². The molecule has 0 unspecified atom stereocenters. The smallest absolute Gasteiger partial charge is 0.120 e. The molecule has 0 fully saturated rings. The maximum Gasteiger partial charge on any atom is 0.120 e. The van der Waals surface area contributed by atoms with Crippen molar-refractivity contribution >= 4 is 6.29 Å². The molecule has 0 aliphatic rings. The predicted molar refractivity (Wildman–Crippen MR) is 53.1 cm³/mol. The average Bonchev–Trinajstić information content (AvgIpc) is 2.06. The Morgan fingerprint density at radius 2 is 2.08 bits per heavy atom.